The Balaban J connectivity index is 2.51. The molecule has 0 spiro atoms. The standard InChI is InChI=1S/C12H6F3N3O/c13-9-6(5-16)10(14)12(18-11(9)15)17-7-3-1-2-4-8(7)19/h1-4,19H,(H,17,18). The fraction of sp³-hybridized carbons (Fsp3) is 0. The van der Waals surface area contributed by atoms with Crippen LogP contribution in [0.3, 0.4) is 0 Å². The van der Waals surface area contributed by atoms with Crippen LogP contribution in [-0.4, -0.2) is 10.1 Å². The summed E-state index contributed by atoms with van der Waals surface area (Å²) in [4.78, 5) is 3.03. The quantitative estimate of drug-likeness (QED) is 0.647. The smallest absolute Gasteiger partial charge is 0.252 e. The van der Waals surface area contributed by atoms with E-state index in [2.05, 4.69) is 10.3 Å². The largest absolute Gasteiger partial charge is 0.506 e. The third-order valence-corrected chi connectivity index (χ3v) is 2.31. The van der Waals surface area contributed by atoms with Crippen molar-refractivity contribution >= 4 is 11.5 Å². The highest BCUT2D eigenvalue weighted by Gasteiger charge is 2.20. The van der Waals surface area contributed by atoms with E-state index in [1.807, 2.05) is 0 Å². The maximum absolute atomic E-state index is 13.7. The van der Waals surface area contributed by atoms with E-state index in [1.165, 1.54) is 30.3 Å². The number of nitrogens with zero attached hydrogens (tertiary/aromatic N) is 2. The summed E-state index contributed by atoms with van der Waals surface area (Å²) in [5, 5.41) is 20.3. The van der Waals surface area contributed by atoms with Crippen LogP contribution in [0.4, 0.5) is 24.7 Å². The van der Waals surface area contributed by atoms with Crippen molar-refractivity contribution in [3.05, 3.63) is 47.4 Å². The van der Waals surface area contributed by atoms with Crippen molar-refractivity contribution < 1.29 is 18.3 Å². The Bertz CT molecular complexity index is 683. The van der Waals surface area contributed by atoms with Crippen LogP contribution in [0.15, 0.2) is 24.3 Å². The number of aromatic hydroxyl groups is 1. The van der Waals surface area contributed by atoms with E-state index in [1.54, 1.807) is 0 Å². The molecule has 0 unspecified atom stereocenters. The average Bonchev–Trinajstić information content (AvgIpc) is 2.39. The normalized spacial score (nSPS) is 10.0. The highest BCUT2D eigenvalue weighted by molar-refractivity contribution is 5.64. The molecule has 0 atom stereocenters. The topological polar surface area (TPSA) is 68.9 Å². The molecule has 1 aromatic heterocycles. The lowest BCUT2D eigenvalue weighted by molar-refractivity contribution is 0.463. The number of phenolic OH excluding ortho intramolecular Hbond substituents is 1. The second kappa shape index (κ2) is 4.86. The Hall–Kier alpha value is -2.75. The van der Waals surface area contributed by atoms with E-state index in [-0.39, 0.29) is 11.4 Å². The molecule has 96 valence electrons. The number of halogens is 3. The lowest BCUT2D eigenvalue weighted by Gasteiger charge is -2.09. The number of phenols is 1. The second-order valence-electron chi connectivity index (χ2n) is 3.51. The summed E-state index contributed by atoms with van der Waals surface area (Å²) in [5.41, 5.74) is -1.03. The van der Waals surface area contributed by atoms with Gasteiger partial charge in [0, 0.05) is 0 Å². The maximum atomic E-state index is 13.7. The fourth-order valence-corrected chi connectivity index (χ4v) is 1.40. The number of hydrogen-bond donors (Lipinski definition) is 2. The van der Waals surface area contributed by atoms with Crippen molar-refractivity contribution in [2.75, 3.05) is 5.32 Å². The van der Waals surface area contributed by atoms with E-state index in [4.69, 9.17) is 5.26 Å². The molecule has 2 N–H and O–H groups in total. The van der Waals surface area contributed by atoms with Gasteiger partial charge in [-0.2, -0.15) is 14.6 Å². The predicted octanol–water partition coefficient (Wildman–Crippen LogP) is 2.82. The predicted molar refractivity (Wildman–Crippen MR) is 60.2 cm³/mol. The van der Waals surface area contributed by atoms with Gasteiger partial charge in [0.25, 0.3) is 5.95 Å². The van der Waals surface area contributed by atoms with Gasteiger partial charge < -0.3 is 10.4 Å². The molecule has 0 aliphatic carbocycles. The van der Waals surface area contributed by atoms with Gasteiger partial charge in [-0.25, -0.2) is 8.78 Å². The Morgan fingerprint density at radius 2 is 1.84 bits per heavy atom. The summed E-state index contributed by atoms with van der Waals surface area (Å²) < 4.78 is 39.9. The summed E-state index contributed by atoms with van der Waals surface area (Å²) in [6.07, 6.45) is 0. The van der Waals surface area contributed by atoms with Crippen molar-refractivity contribution in [2.24, 2.45) is 0 Å². The van der Waals surface area contributed by atoms with Crippen LogP contribution in [0.2, 0.25) is 0 Å². The highest BCUT2D eigenvalue weighted by atomic mass is 19.2. The van der Waals surface area contributed by atoms with Gasteiger partial charge in [-0.15, -0.1) is 0 Å². The van der Waals surface area contributed by atoms with Crippen LogP contribution in [-0.2, 0) is 0 Å². The molecule has 1 aromatic carbocycles. The van der Waals surface area contributed by atoms with E-state index in [0.29, 0.717) is 0 Å². The van der Waals surface area contributed by atoms with Gasteiger partial charge >= 0.3 is 0 Å². The molecule has 2 aromatic rings. The highest BCUT2D eigenvalue weighted by Crippen LogP contribution is 2.28. The Labute approximate surface area is 105 Å². The zero-order valence-electron chi connectivity index (χ0n) is 9.28. The third kappa shape index (κ3) is 2.28. The van der Waals surface area contributed by atoms with Crippen LogP contribution < -0.4 is 5.32 Å². The first kappa shape index (κ1) is 12.7. The van der Waals surface area contributed by atoms with Crippen LogP contribution in [0.25, 0.3) is 0 Å². The Kier molecular flexibility index (Phi) is 3.25. The first-order chi connectivity index (χ1) is 9.04. The minimum Gasteiger partial charge on any atom is -0.506 e. The molecule has 0 bridgehead atoms. The van der Waals surface area contributed by atoms with Gasteiger partial charge in [0.2, 0.25) is 0 Å². The summed E-state index contributed by atoms with van der Waals surface area (Å²) in [6.45, 7) is 0. The Morgan fingerprint density at radius 1 is 1.16 bits per heavy atom. The number of benzene rings is 1. The minimum absolute atomic E-state index is 0.0452. The van der Waals surface area contributed by atoms with Gasteiger partial charge in [0.1, 0.15) is 17.4 Å². The minimum atomic E-state index is -1.65. The Morgan fingerprint density at radius 3 is 2.47 bits per heavy atom. The lowest BCUT2D eigenvalue weighted by Crippen LogP contribution is -2.05. The maximum Gasteiger partial charge on any atom is 0.252 e. The van der Waals surface area contributed by atoms with Gasteiger partial charge in [0.15, 0.2) is 17.5 Å². The van der Waals surface area contributed by atoms with Crippen molar-refractivity contribution in [3.63, 3.8) is 0 Å². The molecule has 19 heavy (non-hydrogen) atoms. The number of rotatable bonds is 2. The zero-order chi connectivity index (χ0) is 14.0. The molecule has 4 nitrogen and oxygen atoms in total. The first-order valence-corrected chi connectivity index (χ1v) is 5.04. The molecule has 2 rings (SSSR count). The summed E-state index contributed by atoms with van der Waals surface area (Å²) in [5.74, 6) is -5.49. The molecule has 0 saturated heterocycles. The third-order valence-electron chi connectivity index (χ3n) is 2.31. The molecular weight excluding hydrogens is 259 g/mol. The number of para-hydroxylation sites is 2. The number of anilines is 2. The fourth-order valence-electron chi connectivity index (χ4n) is 1.40. The van der Waals surface area contributed by atoms with Crippen LogP contribution >= 0.6 is 0 Å². The van der Waals surface area contributed by atoms with Crippen LogP contribution in [0.1, 0.15) is 5.56 Å². The first-order valence-electron chi connectivity index (χ1n) is 5.04. The molecule has 7 heteroatoms. The van der Waals surface area contributed by atoms with Crippen molar-refractivity contribution in [2.45, 2.75) is 0 Å². The molecule has 0 aliphatic rings. The monoisotopic (exact) mass is 265 g/mol. The van der Waals surface area contributed by atoms with Crippen LogP contribution in [0, 0.1) is 28.9 Å². The molecular formula is C12H6F3N3O. The number of nitrogens with one attached hydrogen (secondary N) is 1. The van der Waals surface area contributed by atoms with Crippen molar-refractivity contribution in [1.29, 1.82) is 5.26 Å². The second-order valence-corrected chi connectivity index (χ2v) is 3.51. The molecule has 0 fully saturated rings. The van der Waals surface area contributed by atoms with Crippen molar-refractivity contribution in [1.82, 2.24) is 4.98 Å². The average molecular weight is 265 g/mol. The van der Waals surface area contributed by atoms with E-state index in [9.17, 15) is 18.3 Å². The summed E-state index contributed by atoms with van der Waals surface area (Å²) in [7, 11) is 0. The van der Waals surface area contributed by atoms with Gasteiger partial charge in [0.05, 0.1) is 5.69 Å². The molecule has 1 heterocycles. The van der Waals surface area contributed by atoms with Gasteiger partial charge in [-0.05, 0) is 12.1 Å². The number of aromatic nitrogens is 1. The molecule has 0 saturated carbocycles. The van der Waals surface area contributed by atoms with E-state index >= 15 is 0 Å². The molecule has 0 radical (unpaired) electrons. The van der Waals surface area contributed by atoms with Crippen molar-refractivity contribution in [3.8, 4) is 11.8 Å². The summed E-state index contributed by atoms with van der Waals surface area (Å²) >= 11 is 0. The van der Waals surface area contributed by atoms with Gasteiger partial charge in [-0.3, -0.25) is 0 Å². The SMILES string of the molecule is N#Cc1c(F)c(F)nc(Nc2ccccc2O)c1F. The lowest BCUT2D eigenvalue weighted by atomic mass is 10.2. The number of nitriles is 1. The van der Waals surface area contributed by atoms with E-state index in [0.717, 1.165) is 0 Å². The van der Waals surface area contributed by atoms with Gasteiger partial charge in [-0.1, -0.05) is 12.1 Å². The van der Waals surface area contributed by atoms with Crippen LogP contribution in [0.5, 0.6) is 5.75 Å². The summed E-state index contributed by atoms with van der Waals surface area (Å²) in [6, 6.07) is 6.96. The number of hydrogen-bond acceptors (Lipinski definition) is 4. The van der Waals surface area contributed by atoms with E-state index < -0.39 is 29.0 Å². The zero-order valence-corrected chi connectivity index (χ0v) is 9.28. The number of pyridine rings is 1. The molecule has 0 amide bonds. The molecule has 0 aliphatic heterocycles.